The van der Waals surface area contributed by atoms with Crippen LogP contribution in [-0.4, -0.2) is 28.9 Å². The molecule has 0 aliphatic heterocycles. The lowest BCUT2D eigenvalue weighted by atomic mass is 9.96. The van der Waals surface area contributed by atoms with Crippen LogP contribution in [0.2, 0.25) is 0 Å². The summed E-state index contributed by atoms with van der Waals surface area (Å²) in [5.41, 5.74) is -1.11. The summed E-state index contributed by atoms with van der Waals surface area (Å²) in [5, 5.41) is 12.7. The van der Waals surface area contributed by atoms with E-state index in [1.165, 1.54) is 0 Å². The second-order valence-corrected chi connectivity index (χ2v) is 5.81. The van der Waals surface area contributed by atoms with Crippen LogP contribution in [0.5, 0.6) is 0 Å². The quantitative estimate of drug-likeness (QED) is 0.775. The van der Waals surface area contributed by atoms with Gasteiger partial charge in [0, 0.05) is 6.54 Å². The van der Waals surface area contributed by atoms with E-state index in [1.807, 2.05) is 27.7 Å². The fourth-order valence-corrected chi connectivity index (χ4v) is 1.64. The maximum Gasteiger partial charge on any atom is 0.407 e. The van der Waals surface area contributed by atoms with Gasteiger partial charge in [0.15, 0.2) is 0 Å². The molecule has 1 aliphatic carbocycles. The van der Waals surface area contributed by atoms with Crippen LogP contribution < -0.4 is 5.32 Å². The number of aliphatic hydroxyl groups is 1. The second-order valence-electron chi connectivity index (χ2n) is 5.81. The number of alkyl carbamates (subject to hydrolysis) is 1. The summed E-state index contributed by atoms with van der Waals surface area (Å²) < 4.78 is 5.10. The van der Waals surface area contributed by atoms with Gasteiger partial charge in [-0.05, 0) is 52.9 Å². The van der Waals surface area contributed by atoms with Gasteiger partial charge in [0.1, 0.15) is 5.60 Å². The minimum atomic E-state index is -0.644. The van der Waals surface area contributed by atoms with Gasteiger partial charge >= 0.3 is 6.09 Å². The maximum absolute atomic E-state index is 11.3. The van der Waals surface area contributed by atoms with Crippen molar-refractivity contribution >= 4 is 6.09 Å². The van der Waals surface area contributed by atoms with E-state index in [-0.39, 0.29) is 0 Å². The molecule has 0 aromatic rings. The first-order valence-electron chi connectivity index (χ1n) is 5.90. The van der Waals surface area contributed by atoms with Crippen LogP contribution in [0.4, 0.5) is 4.79 Å². The molecular formula is C12H23NO3. The van der Waals surface area contributed by atoms with Crippen molar-refractivity contribution < 1.29 is 14.6 Å². The molecule has 0 aromatic carbocycles. The first-order valence-corrected chi connectivity index (χ1v) is 5.90. The molecule has 4 nitrogen and oxygen atoms in total. The molecule has 0 spiro atoms. The van der Waals surface area contributed by atoms with Crippen LogP contribution in [0.25, 0.3) is 0 Å². The van der Waals surface area contributed by atoms with Gasteiger partial charge in [-0.25, -0.2) is 4.79 Å². The van der Waals surface area contributed by atoms with E-state index in [1.54, 1.807) is 0 Å². The van der Waals surface area contributed by atoms with E-state index in [0.717, 1.165) is 12.8 Å². The number of hydrogen-bond acceptors (Lipinski definition) is 3. The van der Waals surface area contributed by atoms with Gasteiger partial charge in [0.2, 0.25) is 0 Å². The fourth-order valence-electron chi connectivity index (χ4n) is 1.64. The number of carbonyl (C=O) groups excluding carboxylic acids is 1. The highest BCUT2D eigenvalue weighted by Gasteiger charge is 2.39. The van der Waals surface area contributed by atoms with E-state index in [4.69, 9.17) is 4.74 Å². The number of amides is 1. The Morgan fingerprint density at radius 1 is 1.38 bits per heavy atom. The lowest BCUT2D eigenvalue weighted by Gasteiger charge is -2.24. The highest BCUT2D eigenvalue weighted by Crippen LogP contribution is 2.40. The fraction of sp³-hybridized carbons (Fsp3) is 0.917. The summed E-state index contributed by atoms with van der Waals surface area (Å²) in [6.45, 7) is 7.77. The van der Waals surface area contributed by atoms with E-state index in [2.05, 4.69) is 5.32 Å². The van der Waals surface area contributed by atoms with Crippen molar-refractivity contribution in [2.45, 2.75) is 58.2 Å². The van der Waals surface area contributed by atoms with Gasteiger partial charge in [-0.1, -0.05) is 0 Å². The molecule has 16 heavy (non-hydrogen) atoms. The molecular weight excluding hydrogens is 206 g/mol. The Hall–Kier alpha value is -0.770. The Bertz CT molecular complexity index is 251. The molecule has 4 heteroatoms. The van der Waals surface area contributed by atoms with Crippen molar-refractivity contribution in [2.24, 2.45) is 5.92 Å². The molecule has 1 amide bonds. The molecule has 0 saturated heterocycles. The predicted molar refractivity (Wildman–Crippen MR) is 62.2 cm³/mol. The number of ether oxygens (including phenoxy) is 1. The molecule has 1 saturated carbocycles. The molecule has 1 aliphatic rings. The van der Waals surface area contributed by atoms with E-state index in [0.29, 0.717) is 18.9 Å². The number of hydrogen-bond donors (Lipinski definition) is 2. The Morgan fingerprint density at radius 2 is 1.94 bits per heavy atom. The summed E-state index contributed by atoms with van der Waals surface area (Å²) in [5.74, 6) is 0.410. The normalized spacial score (nSPS) is 20.1. The predicted octanol–water partition coefficient (Wildman–Crippen LogP) is 2.06. The van der Waals surface area contributed by atoms with Crippen molar-refractivity contribution in [3.8, 4) is 0 Å². The summed E-state index contributed by atoms with van der Waals surface area (Å²) in [7, 11) is 0. The number of carbonyl (C=O) groups is 1. The van der Waals surface area contributed by atoms with E-state index < -0.39 is 17.3 Å². The molecule has 94 valence electrons. The standard InChI is InChI=1S/C12H23NO3/c1-11(2,3)16-10(14)13-8-7-12(4,15)9-5-6-9/h9,15H,5-8H2,1-4H3,(H,13,14). The van der Waals surface area contributed by atoms with Gasteiger partial charge in [-0.15, -0.1) is 0 Å². The Kier molecular flexibility index (Phi) is 3.84. The zero-order valence-electron chi connectivity index (χ0n) is 10.7. The van der Waals surface area contributed by atoms with Gasteiger partial charge in [0.25, 0.3) is 0 Å². The topological polar surface area (TPSA) is 58.6 Å². The lowest BCUT2D eigenvalue weighted by molar-refractivity contribution is 0.0249. The van der Waals surface area contributed by atoms with Gasteiger partial charge in [-0.3, -0.25) is 0 Å². The Labute approximate surface area is 97.4 Å². The highest BCUT2D eigenvalue weighted by atomic mass is 16.6. The molecule has 2 N–H and O–H groups in total. The molecule has 1 atom stereocenters. The first kappa shape index (κ1) is 13.3. The van der Waals surface area contributed by atoms with E-state index in [9.17, 15) is 9.90 Å². The maximum atomic E-state index is 11.3. The molecule has 1 rings (SSSR count). The van der Waals surface area contributed by atoms with Crippen LogP contribution in [0.1, 0.15) is 47.0 Å². The molecule has 0 radical (unpaired) electrons. The van der Waals surface area contributed by atoms with Crippen molar-refractivity contribution in [1.82, 2.24) is 5.32 Å². The van der Waals surface area contributed by atoms with Gasteiger partial charge < -0.3 is 15.2 Å². The van der Waals surface area contributed by atoms with Gasteiger partial charge in [-0.2, -0.15) is 0 Å². The van der Waals surface area contributed by atoms with Crippen LogP contribution in [0.3, 0.4) is 0 Å². The van der Waals surface area contributed by atoms with E-state index >= 15 is 0 Å². The van der Waals surface area contributed by atoms with Crippen LogP contribution in [0, 0.1) is 5.92 Å². The molecule has 1 unspecified atom stereocenters. The Balaban J connectivity index is 2.17. The Morgan fingerprint density at radius 3 is 2.38 bits per heavy atom. The monoisotopic (exact) mass is 229 g/mol. The average molecular weight is 229 g/mol. The smallest absolute Gasteiger partial charge is 0.407 e. The third-order valence-corrected chi connectivity index (χ3v) is 2.76. The van der Waals surface area contributed by atoms with Crippen molar-refractivity contribution in [1.29, 1.82) is 0 Å². The summed E-state index contributed by atoms with van der Waals surface area (Å²) in [4.78, 5) is 11.3. The number of nitrogens with one attached hydrogen (secondary N) is 1. The first-order chi connectivity index (χ1) is 7.21. The van der Waals surface area contributed by atoms with Crippen molar-refractivity contribution in [3.63, 3.8) is 0 Å². The molecule has 0 heterocycles. The summed E-state index contributed by atoms with van der Waals surface area (Å²) in [6, 6.07) is 0. The summed E-state index contributed by atoms with van der Waals surface area (Å²) >= 11 is 0. The van der Waals surface area contributed by atoms with Crippen LogP contribution in [0.15, 0.2) is 0 Å². The van der Waals surface area contributed by atoms with Crippen molar-refractivity contribution in [2.75, 3.05) is 6.54 Å². The molecule has 1 fully saturated rings. The number of rotatable bonds is 4. The second kappa shape index (κ2) is 4.62. The lowest BCUT2D eigenvalue weighted by Crippen LogP contribution is -2.37. The van der Waals surface area contributed by atoms with Crippen molar-refractivity contribution in [3.05, 3.63) is 0 Å². The van der Waals surface area contributed by atoms with Crippen LogP contribution in [-0.2, 0) is 4.74 Å². The minimum Gasteiger partial charge on any atom is -0.444 e. The molecule has 0 bridgehead atoms. The average Bonchev–Trinajstić information content (AvgIpc) is 2.80. The SMILES string of the molecule is CC(C)(C)OC(=O)NCCC(C)(O)C1CC1. The third-order valence-electron chi connectivity index (χ3n) is 2.76. The molecule has 0 aromatic heterocycles. The third kappa shape index (κ3) is 4.84. The highest BCUT2D eigenvalue weighted by molar-refractivity contribution is 5.67. The van der Waals surface area contributed by atoms with Crippen LogP contribution >= 0.6 is 0 Å². The summed E-state index contributed by atoms with van der Waals surface area (Å²) in [6.07, 6.45) is 2.36. The van der Waals surface area contributed by atoms with Gasteiger partial charge in [0.05, 0.1) is 5.60 Å². The zero-order valence-corrected chi connectivity index (χ0v) is 10.7. The zero-order chi connectivity index (χ0) is 12.4. The largest absolute Gasteiger partial charge is 0.444 e. The minimum absolute atomic E-state index is 0.410.